The molecule has 0 bridgehead atoms. The van der Waals surface area contributed by atoms with Gasteiger partial charge in [0.05, 0.1) is 19.8 Å². The largest absolute Gasteiger partial charge is 0.395 e. The second-order valence-electron chi connectivity index (χ2n) is 9.08. The summed E-state index contributed by atoms with van der Waals surface area (Å²) in [5.74, 6) is 2.48. The molecular formula is C22H32O4. The molecular weight excluding hydrogens is 328 g/mol. The molecule has 0 aromatic carbocycles. The van der Waals surface area contributed by atoms with Gasteiger partial charge in [0.1, 0.15) is 5.78 Å². The average Bonchev–Trinajstić information content (AvgIpc) is 3.25. The zero-order valence-electron chi connectivity index (χ0n) is 16.3. The lowest BCUT2D eigenvalue weighted by Gasteiger charge is -2.54. The van der Waals surface area contributed by atoms with Crippen LogP contribution >= 0.6 is 0 Å². The van der Waals surface area contributed by atoms with Gasteiger partial charge in [-0.05, 0) is 25.2 Å². The van der Waals surface area contributed by atoms with E-state index in [0.29, 0.717) is 13.2 Å². The van der Waals surface area contributed by atoms with Crippen LogP contribution in [0.2, 0.25) is 0 Å². The van der Waals surface area contributed by atoms with E-state index in [1.54, 1.807) is 6.08 Å². The lowest BCUT2D eigenvalue weighted by atomic mass is 9.49. The minimum Gasteiger partial charge on any atom is -0.395 e. The first-order valence-corrected chi connectivity index (χ1v) is 9.75. The number of rotatable bonds is 5. The van der Waals surface area contributed by atoms with E-state index in [-0.39, 0.29) is 36.1 Å². The van der Waals surface area contributed by atoms with Crippen LogP contribution in [0.4, 0.5) is 0 Å². The number of hydrogen-bond acceptors (Lipinski definition) is 4. The number of terminal acetylenes is 1. The highest BCUT2D eigenvalue weighted by Gasteiger charge is 2.70. The van der Waals surface area contributed by atoms with Gasteiger partial charge in [0.2, 0.25) is 0 Å². The highest BCUT2D eigenvalue weighted by molar-refractivity contribution is 5.86. The van der Waals surface area contributed by atoms with E-state index in [1.165, 1.54) is 0 Å². The molecule has 0 radical (unpaired) electrons. The molecule has 4 heteroatoms. The summed E-state index contributed by atoms with van der Waals surface area (Å²) in [6, 6.07) is 0. The molecule has 1 aliphatic heterocycles. The summed E-state index contributed by atoms with van der Waals surface area (Å²) in [6.45, 7) is 10.9. The summed E-state index contributed by atoms with van der Waals surface area (Å²) in [7, 11) is 0. The van der Waals surface area contributed by atoms with Crippen molar-refractivity contribution in [2.75, 3.05) is 19.8 Å². The number of hydrogen-bond donors (Lipinski definition) is 1. The third-order valence-corrected chi connectivity index (χ3v) is 7.64. The van der Waals surface area contributed by atoms with Crippen LogP contribution < -0.4 is 0 Å². The highest BCUT2D eigenvalue weighted by Crippen LogP contribution is 2.67. The van der Waals surface area contributed by atoms with Crippen LogP contribution in [0, 0.1) is 40.4 Å². The standard InChI is InChI=1S/C22H32O4/c1-6-19(4,15-23)14-17(24)20(5)16(3)8-9-21(7-2)10-11-22(18(20)21)25-12-13-26-22/h2,6,16,18,23H,1,8-15H2,3-5H3/t16-,18?,19+,20+,21?/m1/s1. The molecule has 144 valence electrons. The summed E-state index contributed by atoms with van der Waals surface area (Å²) in [5.41, 5.74) is -1.63. The van der Waals surface area contributed by atoms with E-state index in [4.69, 9.17) is 15.9 Å². The Labute approximate surface area is 157 Å². The van der Waals surface area contributed by atoms with Gasteiger partial charge in [-0.3, -0.25) is 4.79 Å². The van der Waals surface area contributed by atoms with Gasteiger partial charge in [0.15, 0.2) is 5.79 Å². The van der Waals surface area contributed by atoms with Crippen molar-refractivity contribution in [3.63, 3.8) is 0 Å². The van der Waals surface area contributed by atoms with Crippen LogP contribution in [-0.4, -0.2) is 36.5 Å². The second kappa shape index (κ2) is 6.48. The monoisotopic (exact) mass is 360 g/mol. The SMILES string of the molecule is C#CC12CC[C@@H](C)[C@@](C)(C(=O)C[C@](C)(C=C)CO)C1C1(CC2)OCCO1. The lowest BCUT2D eigenvalue weighted by Crippen LogP contribution is -2.59. The number of ether oxygens (including phenoxy) is 2. The van der Waals surface area contributed by atoms with Gasteiger partial charge < -0.3 is 14.6 Å². The maximum absolute atomic E-state index is 13.7. The molecule has 4 nitrogen and oxygen atoms in total. The van der Waals surface area contributed by atoms with Crippen LogP contribution in [-0.2, 0) is 14.3 Å². The van der Waals surface area contributed by atoms with Crippen molar-refractivity contribution in [2.45, 2.75) is 58.7 Å². The van der Waals surface area contributed by atoms with Crippen LogP contribution in [0.15, 0.2) is 12.7 Å². The van der Waals surface area contributed by atoms with Crippen LogP contribution in [0.5, 0.6) is 0 Å². The third-order valence-electron chi connectivity index (χ3n) is 7.64. The number of aliphatic hydroxyl groups excluding tert-OH is 1. The normalized spacial score (nSPS) is 40.6. The number of aliphatic hydroxyl groups is 1. The molecule has 1 saturated heterocycles. The van der Waals surface area contributed by atoms with Crippen LogP contribution in [0.25, 0.3) is 0 Å². The van der Waals surface area contributed by atoms with Crippen molar-refractivity contribution >= 4 is 5.78 Å². The molecule has 0 amide bonds. The first-order chi connectivity index (χ1) is 12.2. The Hall–Kier alpha value is -1.15. The van der Waals surface area contributed by atoms with E-state index in [0.717, 1.165) is 25.7 Å². The van der Waals surface area contributed by atoms with Gasteiger partial charge in [-0.2, -0.15) is 0 Å². The Morgan fingerprint density at radius 2 is 2.04 bits per heavy atom. The molecule has 0 aromatic rings. The molecule has 5 atom stereocenters. The van der Waals surface area contributed by atoms with Crippen molar-refractivity contribution in [3.8, 4) is 12.3 Å². The van der Waals surface area contributed by atoms with E-state index >= 15 is 0 Å². The van der Waals surface area contributed by atoms with Crippen LogP contribution in [0.1, 0.15) is 52.9 Å². The van der Waals surface area contributed by atoms with Crippen LogP contribution in [0.3, 0.4) is 0 Å². The predicted molar refractivity (Wildman–Crippen MR) is 100 cm³/mol. The molecule has 1 spiro atoms. The molecule has 3 rings (SSSR count). The fourth-order valence-electron chi connectivity index (χ4n) is 5.66. The second-order valence-corrected chi connectivity index (χ2v) is 9.08. The minimum atomic E-state index is -0.741. The van der Waals surface area contributed by atoms with E-state index in [9.17, 15) is 9.90 Å². The zero-order chi connectivity index (χ0) is 19.2. The summed E-state index contributed by atoms with van der Waals surface area (Å²) in [6.07, 6.45) is 11.4. The lowest BCUT2D eigenvalue weighted by molar-refractivity contribution is -0.232. The molecule has 2 saturated carbocycles. The number of ketones is 1. The Morgan fingerprint density at radius 3 is 2.58 bits per heavy atom. The van der Waals surface area contributed by atoms with Crippen molar-refractivity contribution in [1.82, 2.24) is 0 Å². The molecule has 1 heterocycles. The quantitative estimate of drug-likeness (QED) is 0.603. The highest BCUT2D eigenvalue weighted by atomic mass is 16.7. The van der Waals surface area contributed by atoms with Crippen molar-refractivity contribution in [1.29, 1.82) is 0 Å². The van der Waals surface area contributed by atoms with Gasteiger partial charge in [0, 0.05) is 35.0 Å². The smallest absolute Gasteiger partial charge is 0.173 e. The molecule has 2 aliphatic carbocycles. The average molecular weight is 360 g/mol. The van der Waals surface area contributed by atoms with Crippen molar-refractivity contribution in [3.05, 3.63) is 12.7 Å². The first kappa shape index (κ1) is 19.6. The molecule has 3 fully saturated rings. The fourth-order valence-corrected chi connectivity index (χ4v) is 5.66. The zero-order valence-corrected chi connectivity index (χ0v) is 16.3. The topological polar surface area (TPSA) is 55.8 Å². The van der Waals surface area contributed by atoms with Crippen molar-refractivity contribution in [2.24, 2.45) is 28.1 Å². The summed E-state index contributed by atoms with van der Waals surface area (Å²) in [4.78, 5) is 13.7. The van der Waals surface area contributed by atoms with E-state index < -0.39 is 16.6 Å². The molecule has 3 aliphatic rings. The maximum atomic E-state index is 13.7. The first-order valence-electron chi connectivity index (χ1n) is 9.75. The number of carbonyl (C=O) groups is 1. The molecule has 1 N–H and O–H groups in total. The number of fused-ring (bicyclic) bond motifs is 2. The van der Waals surface area contributed by atoms with Crippen molar-refractivity contribution < 1.29 is 19.4 Å². The summed E-state index contributed by atoms with van der Waals surface area (Å²) in [5, 5.41) is 9.77. The molecule has 26 heavy (non-hydrogen) atoms. The third kappa shape index (κ3) is 2.59. The van der Waals surface area contributed by atoms with Gasteiger partial charge in [-0.25, -0.2) is 0 Å². The Morgan fingerprint density at radius 1 is 1.38 bits per heavy atom. The number of carbonyl (C=O) groups excluding carboxylic acids is 1. The fraction of sp³-hybridized carbons (Fsp3) is 0.773. The predicted octanol–water partition coefficient (Wildman–Crippen LogP) is 3.34. The summed E-state index contributed by atoms with van der Waals surface area (Å²) < 4.78 is 12.3. The van der Waals surface area contributed by atoms with E-state index in [1.807, 2.05) is 6.92 Å². The summed E-state index contributed by atoms with van der Waals surface area (Å²) >= 11 is 0. The van der Waals surface area contributed by atoms with Gasteiger partial charge in [-0.15, -0.1) is 13.0 Å². The molecule has 2 unspecified atom stereocenters. The Bertz CT molecular complexity index is 629. The minimum absolute atomic E-state index is 0.101. The number of Topliss-reactive ketones (excluding diaryl/α,β-unsaturated/α-hetero) is 1. The van der Waals surface area contributed by atoms with E-state index in [2.05, 4.69) is 26.3 Å². The Balaban J connectivity index is 2.06. The van der Waals surface area contributed by atoms with Gasteiger partial charge >= 0.3 is 0 Å². The van der Waals surface area contributed by atoms with Gasteiger partial charge in [-0.1, -0.05) is 32.8 Å². The van der Waals surface area contributed by atoms with Gasteiger partial charge in [0.25, 0.3) is 0 Å². The molecule has 0 aromatic heterocycles. The Kier molecular flexibility index (Phi) is 4.88. The maximum Gasteiger partial charge on any atom is 0.173 e.